The smallest absolute Gasteiger partial charge is 0.244 e. The first-order chi connectivity index (χ1) is 15.5. The lowest BCUT2D eigenvalue weighted by atomic mass is 10.1. The van der Waals surface area contributed by atoms with Crippen LogP contribution in [0.4, 0.5) is 5.69 Å². The molecule has 0 spiro atoms. The maximum atomic E-state index is 13.5. The van der Waals surface area contributed by atoms with Crippen molar-refractivity contribution >= 4 is 27.5 Å². The number of carbonyl (C=O) groups is 2. The minimum Gasteiger partial charge on any atom is -0.354 e. The Labute approximate surface area is 197 Å². The van der Waals surface area contributed by atoms with E-state index in [0.29, 0.717) is 12.2 Å². The lowest BCUT2D eigenvalue weighted by molar-refractivity contribution is -0.139. The lowest BCUT2D eigenvalue weighted by Crippen LogP contribution is -2.51. The molecule has 0 radical (unpaired) electrons. The Kier molecular flexibility index (Phi) is 9.05. The van der Waals surface area contributed by atoms with Crippen LogP contribution in [0.1, 0.15) is 42.5 Å². The van der Waals surface area contributed by atoms with Gasteiger partial charge < -0.3 is 10.2 Å². The third kappa shape index (κ3) is 7.05. The van der Waals surface area contributed by atoms with E-state index in [1.807, 2.05) is 58.0 Å². The summed E-state index contributed by atoms with van der Waals surface area (Å²) >= 11 is 0. The van der Waals surface area contributed by atoms with Gasteiger partial charge in [0.15, 0.2) is 0 Å². The van der Waals surface area contributed by atoms with Crippen LogP contribution in [-0.2, 0) is 26.2 Å². The number of hydrogen-bond acceptors (Lipinski definition) is 4. The third-order valence-corrected chi connectivity index (χ3v) is 6.80. The van der Waals surface area contributed by atoms with Crippen LogP contribution in [0.5, 0.6) is 0 Å². The van der Waals surface area contributed by atoms with Crippen LogP contribution in [0, 0.1) is 20.8 Å². The second-order valence-electron chi connectivity index (χ2n) is 8.47. The molecule has 0 unspecified atom stereocenters. The van der Waals surface area contributed by atoms with E-state index in [9.17, 15) is 18.0 Å². The number of nitrogens with one attached hydrogen (secondary N) is 1. The van der Waals surface area contributed by atoms with Gasteiger partial charge in [-0.15, -0.1) is 0 Å². The molecule has 0 aliphatic carbocycles. The number of aryl methyl sites for hydroxylation is 2. The first-order valence-corrected chi connectivity index (χ1v) is 13.0. The van der Waals surface area contributed by atoms with Gasteiger partial charge in [-0.05, 0) is 56.9 Å². The van der Waals surface area contributed by atoms with Gasteiger partial charge in [0.1, 0.15) is 12.6 Å². The normalized spacial score (nSPS) is 12.2. The van der Waals surface area contributed by atoms with E-state index in [4.69, 9.17) is 0 Å². The van der Waals surface area contributed by atoms with Gasteiger partial charge in [0, 0.05) is 13.1 Å². The molecule has 2 amide bonds. The molecule has 2 aromatic rings. The zero-order chi connectivity index (χ0) is 24.8. The van der Waals surface area contributed by atoms with Gasteiger partial charge in [0.05, 0.1) is 11.9 Å². The van der Waals surface area contributed by atoms with E-state index in [-0.39, 0.29) is 19.0 Å². The number of hydrogen-bond donors (Lipinski definition) is 1. The van der Waals surface area contributed by atoms with Crippen LogP contribution in [0.15, 0.2) is 42.5 Å². The van der Waals surface area contributed by atoms with E-state index in [1.165, 1.54) is 4.90 Å². The Morgan fingerprint density at radius 3 is 2.33 bits per heavy atom. The van der Waals surface area contributed by atoms with Gasteiger partial charge in [0.25, 0.3) is 0 Å². The zero-order valence-corrected chi connectivity index (χ0v) is 21.2. The SMILES string of the molecule is CCCNC(=O)[C@H](C)N(Cc1cccc(C)c1)C(=O)CN(c1cccc(C)c1C)S(C)(=O)=O. The van der Waals surface area contributed by atoms with E-state index < -0.39 is 22.0 Å². The number of carbonyl (C=O) groups excluding carboxylic acids is 2. The molecule has 8 heteroatoms. The molecule has 33 heavy (non-hydrogen) atoms. The quantitative estimate of drug-likeness (QED) is 0.574. The van der Waals surface area contributed by atoms with Gasteiger partial charge >= 0.3 is 0 Å². The Bertz CT molecular complexity index is 1100. The minimum atomic E-state index is -3.74. The fourth-order valence-electron chi connectivity index (χ4n) is 3.59. The highest BCUT2D eigenvalue weighted by Crippen LogP contribution is 2.25. The van der Waals surface area contributed by atoms with Crippen LogP contribution in [0.25, 0.3) is 0 Å². The number of benzene rings is 2. The van der Waals surface area contributed by atoms with Crippen molar-refractivity contribution in [3.63, 3.8) is 0 Å². The average Bonchev–Trinajstić information content (AvgIpc) is 2.75. The van der Waals surface area contributed by atoms with E-state index in [2.05, 4.69) is 5.32 Å². The molecule has 0 bridgehead atoms. The molecule has 0 heterocycles. The van der Waals surface area contributed by atoms with Gasteiger partial charge in [-0.2, -0.15) is 0 Å². The van der Waals surface area contributed by atoms with Crippen molar-refractivity contribution < 1.29 is 18.0 Å². The fraction of sp³-hybridized carbons (Fsp3) is 0.440. The maximum absolute atomic E-state index is 13.5. The van der Waals surface area contributed by atoms with Gasteiger partial charge in [-0.3, -0.25) is 13.9 Å². The molecular weight excluding hydrogens is 438 g/mol. The van der Waals surface area contributed by atoms with E-state index in [1.54, 1.807) is 19.1 Å². The number of rotatable bonds is 10. The number of amides is 2. The molecular formula is C25H35N3O4S. The van der Waals surface area contributed by atoms with Crippen molar-refractivity contribution in [2.75, 3.05) is 23.7 Å². The summed E-state index contributed by atoms with van der Waals surface area (Å²) in [7, 11) is -3.74. The first-order valence-electron chi connectivity index (χ1n) is 11.1. The maximum Gasteiger partial charge on any atom is 0.244 e. The average molecular weight is 474 g/mol. The minimum absolute atomic E-state index is 0.200. The predicted molar refractivity (Wildman–Crippen MR) is 133 cm³/mol. The molecule has 0 aromatic heterocycles. The number of anilines is 1. The van der Waals surface area contributed by atoms with Crippen LogP contribution in [0.2, 0.25) is 0 Å². The second-order valence-corrected chi connectivity index (χ2v) is 10.4. The highest BCUT2D eigenvalue weighted by Gasteiger charge is 2.30. The summed E-state index contributed by atoms with van der Waals surface area (Å²) in [4.78, 5) is 27.7. The van der Waals surface area contributed by atoms with E-state index >= 15 is 0 Å². The van der Waals surface area contributed by atoms with Crippen LogP contribution < -0.4 is 9.62 Å². The molecule has 0 saturated carbocycles. The summed E-state index contributed by atoms with van der Waals surface area (Å²) < 4.78 is 26.5. The predicted octanol–water partition coefficient (Wildman–Crippen LogP) is 3.32. The van der Waals surface area contributed by atoms with E-state index in [0.717, 1.165) is 39.2 Å². The molecule has 7 nitrogen and oxygen atoms in total. The summed E-state index contributed by atoms with van der Waals surface area (Å²) in [6, 6.07) is 12.3. The standard InChI is InChI=1S/C25H35N3O4S/c1-7-14-26-25(30)21(5)27(16-22-12-8-10-18(2)15-22)24(29)17-28(33(6,31)32)23-13-9-11-19(3)20(23)4/h8-13,15,21H,7,14,16-17H2,1-6H3,(H,26,30)/t21-/m0/s1. The topological polar surface area (TPSA) is 86.8 Å². The van der Waals surface area contributed by atoms with Crippen LogP contribution in [0.3, 0.4) is 0 Å². The van der Waals surface area contributed by atoms with Gasteiger partial charge in [0.2, 0.25) is 21.8 Å². The van der Waals surface area contributed by atoms with Gasteiger partial charge in [-0.25, -0.2) is 8.42 Å². The lowest BCUT2D eigenvalue weighted by Gasteiger charge is -2.32. The third-order valence-electron chi connectivity index (χ3n) is 5.68. The summed E-state index contributed by atoms with van der Waals surface area (Å²) in [6.07, 6.45) is 1.86. The summed E-state index contributed by atoms with van der Waals surface area (Å²) in [5.41, 5.74) is 4.09. The molecule has 2 aromatic carbocycles. The Morgan fingerprint density at radius 1 is 1.06 bits per heavy atom. The largest absolute Gasteiger partial charge is 0.354 e. The second kappa shape index (κ2) is 11.3. The van der Waals surface area contributed by atoms with Crippen molar-refractivity contribution in [3.05, 3.63) is 64.7 Å². The molecule has 0 aliphatic heterocycles. The van der Waals surface area contributed by atoms with Crippen molar-refractivity contribution in [2.24, 2.45) is 0 Å². The van der Waals surface area contributed by atoms with Gasteiger partial charge in [-0.1, -0.05) is 48.9 Å². The zero-order valence-electron chi connectivity index (χ0n) is 20.4. The highest BCUT2D eigenvalue weighted by atomic mass is 32.2. The first kappa shape index (κ1) is 26.4. The Balaban J connectivity index is 2.42. The molecule has 2 rings (SSSR count). The molecule has 180 valence electrons. The summed E-state index contributed by atoms with van der Waals surface area (Å²) in [6.45, 7) is 9.62. The monoisotopic (exact) mass is 473 g/mol. The molecule has 0 saturated heterocycles. The summed E-state index contributed by atoms with van der Waals surface area (Å²) in [5, 5.41) is 2.83. The fourth-order valence-corrected chi connectivity index (χ4v) is 4.49. The molecule has 0 aliphatic rings. The number of sulfonamides is 1. The molecule has 0 fully saturated rings. The van der Waals surface area contributed by atoms with Crippen LogP contribution >= 0.6 is 0 Å². The molecule has 1 N–H and O–H groups in total. The highest BCUT2D eigenvalue weighted by molar-refractivity contribution is 7.92. The van der Waals surface area contributed by atoms with Crippen molar-refractivity contribution in [1.82, 2.24) is 10.2 Å². The van der Waals surface area contributed by atoms with Crippen molar-refractivity contribution in [1.29, 1.82) is 0 Å². The summed E-state index contributed by atoms with van der Waals surface area (Å²) in [5.74, 6) is -0.711. The molecule has 1 atom stereocenters. The van der Waals surface area contributed by atoms with Crippen molar-refractivity contribution in [3.8, 4) is 0 Å². The Morgan fingerprint density at radius 2 is 1.73 bits per heavy atom. The number of nitrogens with zero attached hydrogens (tertiary/aromatic N) is 2. The Hall–Kier alpha value is -2.87. The van der Waals surface area contributed by atoms with Crippen molar-refractivity contribution in [2.45, 2.75) is 53.6 Å². The van der Waals surface area contributed by atoms with Crippen LogP contribution in [-0.4, -0.2) is 50.5 Å².